The fourth-order valence-electron chi connectivity index (χ4n) is 2.25. The molecule has 0 radical (unpaired) electrons. The highest BCUT2D eigenvalue weighted by atomic mass is 16.3. The van der Waals surface area contributed by atoms with E-state index in [4.69, 9.17) is 5.11 Å². The van der Waals surface area contributed by atoms with Crippen LogP contribution >= 0.6 is 0 Å². The third kappa shape index (κ3) is 3.33. The molecule has 3 heteroatoms. The Morgan fingerprint density at radius 3 is 2.39 bits per heavy atom. The van der Waals surface area contributed by atoms with Gasteiger partial charge in [0.15, 0.2) is 0 Å². The third-order valence-electron chi connectivity index (χ3n) is 3.36. The molecule has 1 rings (SSSR count). The highest BCUT2D eigenvalue weighted by Gasteiger charge is 2.22. The Kier molecular flexibility index (Phi) is 5.86. The molecule has 0 aliphatic heterocycles. The summed E-state index contributed by atoms with van der Waals surface area (Å²) in [6.45, 7) is 6.50. The zero-order valence-corrected chi connectivity index (χ0v) is 11.5. The van der Waals surface area contributed by atoms with Gasteiger partial charge in [0, 0.05) is 18.2 Å². The minimum Gasteiger partial charge on any atom is -0.395 e. The maximum absolute atomic E-state index is 12.5. The highest BCUT2D eigenvalue weighted by Crippen LogP contribution is 2.16. The number of aliphatic hydroxyl groups is 1. The molecule has 0 unspecified atom stereocenters. The molecule has 100 valence electrons. The van der Waals surface area contributed by atoms with E-state index in [-0.39, 0.29) is 18.6 Å². The molecule has 0 heterocycles. The number of benzene rings is 1. The van der Waals surface area contributed by atoms with E-state index < -0.39 is 0 Å². The van der Waals surface area contributed by atoms with E-state index in [0.717, 1.165) is 24.0 Å². The molecule has 18 heavy (non-hydrogen) atoms. The van der Waals surface area contributed by atoms with Crippen molar-refractivity contribution >= 4 is 5.91 Å². The van der Waals surface area contributed by atoms with E-state index in [0.29, 0.717) is 6.54 Å². The van der Waals surface area contributed by atoms with Crippen LogP contribution in [0.4, 0.5) is 0 Å². The number of carbonyl (C=O) groups excluding carboxylic acids is 1. The van der Waals surface area contributed by atoms with Crippen molar-refractivity contribution in [3.63, 3.8) is 0 Å². The van der Waals surface area contributed by atoms with Gasteiger partial charge in [-0.05, 0) is 31.4 Å². The molecule has 0 aromatic heterocycles. The molecule has 1 amide bonds. The van der Waals surface area contributed by atoms with E-state index in [1.807, 2.05) is 31.2 Å². The number of hydrogen-bond donors (Lipinski definition) is 1. The lowest BCUT2D eigenvalue weighted by Gasteiger charge is -2.30. The van der Waals surface area contributed by atoms with Crippen LogP contribution in [0, 0.1) is 6.92 Å². The molecule has 0 saturated carbocycles. The minimum absolute atomic E-state index is 0.00806. The fourth-order valence-corrected chi connectivity index (χ4v) is 2.25. The molecule has 0 bridgehead atoms. The Bertz CT molecular complexity index is 386. The first-order valence-corrected chi connectivity index (χ1v) is 6.63. The van der Waals surface area contributed by atoms with Gasteiger partial charge in [-0.1, -0.05) is 32.0 Å². The smallest absolute Gasteiger partial charge is 0.254 e. The standard InChI is InChI=1S/C15H23NO2/c1-4-13(5-2)16(10-11-17)15(18)14-9-7-6-8-12(14)3/h6-9,13,17H,4-5,10-11H2,1-3H3. The topological polar surface area (TPSA) is 40.5 Å². The summed E-state index contributed by atoms with van der Waals surface area (Å²) in [5.74, 6) is 0.0239. The van der Waals surface area contributed by atoms with Crippen molar-refractivity contribution in [1.29, 1.82) is 0 Å². The number of amides is 1. The van der Waals surface area contributed by atoms with Crippen LogP contribution in [0.5, 0.6) is 0 Å². The van der Waals surface area contributed by atoms with Crippen LogP contribution in [-0.4, -0.2) is 35.1 Å². The summed E-state index contributed by atoms with van der Waals surface area (Å²) in [5, 5.41) is 9.15. The SMILES string of the molecule is CCC(CC)N(CCO)C(=O)c1ccccc1C. The Morgan fingerprint density at radius 2 is 1.89 bits per heavy atom. The zero-order chi connectivity index (χ0) is 13.5. The molecule has 1 aromatic carbocycles. The number of rotatable bonds is 6. The maximum atomic E-state index is 12.5. The van der Waals surface area contributed by atoms with Crippen LogP contribution in [0.1, 0.15) is 42.6 Å². The summed E-state index contributed by atoms with van der Waals surface area (Å²) in [6.07, 6.45) is 1.82. The van der Waals surface area contributed by atoms with Gasteiger partial charge in [0.25, 0.3) is 5.91 Å². The quantitative estimate of drug-likeness (QED) is 0.842. The highest BCUT2D eigenvalue weighted by molar-refractivity contribution is 5.95. The summed E-state index contributed by atoms with van der Waals surface area (Å²) in [4.78, 5) is 14.3. The molecule has 0 saturated heterocycles. The monoisotopic (exact) mass is 249 g/mol. The predicted octanol–water partition coefficient (Wildman–Crippen LogP) is 2.62. The molecule has 0 atom stereocenters. The Labute approximate surface area is 109 Å². The maximum Gasteiger partial charge on any atom is 0.254 e. The third-order valence-corrected chi connectivity index (χ3v) is 3.36. The molecule has 0 spiro atoms. The van der Waals surface area contributed by atoms with Gasteiger partial charge in [0.1, 0.15) is 0 Å². The normalized spacial score (nSPS) is 10.7. The van der Waals surface area contributed by atoms with Gasteiger partial charge in [-0.15, -0.1) is 0 Å². The van der Waals surface area contributed by atoms with Crippen molar-refractivity contribution < 1.29 is 9.90 Å². The van der Waals surface area contributed by atoms with Crippen molar-refractivity contribution in [2.45, 2.75) is 39.7 Å². The number of nitrogens with zero attached hydrogens (tertiary/aromatic N) is 1. The van der Waals surface area contributed by atoms with Gasteiger partial charge in [0.05, 0.1) is 6.61 Å². The minimum atomic E-state index is 0.00806. The van der Waals surface area contributed by atoms with Crippen molar-refractivity contribution in [3.8, 4) is 0 Å². The molecule has 1 N–H and O–H groups in total. The summed E-state index contributed by atoms with van der Waals surface area (Å²) in [7, 11) is 0. The average Bonchev–Trinajstić information content (AvgIpc) is 2.39. The summed E-state index contributed by atoms with van der Waals surface area (Å²) >= 11 is 0. The van der Waals surface area contributed by atoms with Crippen LogP contribution in [0.15, 0.2) is 24.3 Å². The van der Waals surface area contributed by atoms with E-state index in [1.165, 1.54) is 0 Å². The fraction of sp³-hybridized carbons (Fsp3) is 0.533. The lowest BCUT2D eigenvalue weighted by molar-refractivity contribution is 0.0621. The first-order valence-electron chi connectivity index (χ1n) is 6.63. The first-order chi connectivity index (χ1) is 8.65. The van der Waals surface area contributed by atoms with Gasteiger partial charge in [-0.25, -0.2) is 0 Å². The number of carbonyl (C=O) groups is 1. The van der Waals surface area contributed by atoms with Crippen LogP contribution in [0.25, 0.3) is 0 Å². The van der Waals surface area contributed by atoms with Crippen molar-refractivity contribution in [1.82, 2.24) is 4.90 Å². The molecule has 0 aliphatic rings. The summed E-state index contributed by atoms with van der Waals surface area (Å²) < 4.78 is 0. The number of aryl methyl sites for hydroxylation is 1. The molecule has 0 fully saturated rings. The first kappa shape index (κ1) is 14.7. The summed E-state index contributed by atoms with van der Waals surface area (Å²) in [5.41, 5.74) is 1.72. The number of aliphatic hydroxyl groups excluding tert-OH is 1. The van der Waals surface area contributed by atoms with E-state index in [9.17, 15) is 4.79 Å². The van der Waals surface area contributed by atoms with Gasteiger partial charge in [-0.2, -0.15) is 0 Å². The van der Waals surface area contributed by atoms with Crippen LogP contribution in [0.3, 0.4) is 0 Å². The Hall–Kier alpha value is -1.35. The molecular formula is C15H23NO2. The van der Waals surface area contributed by atoms with Crippen molar-refractivity contribution in [2.75, 3.05) is 13.2 Å². The lowest BCUT2D eigenvalue weighted by Crippen LogP contribution is -2.41. The molecule has 0 aliphatic carbocycles. The van der Waals surface area contributed by atoms with Gasteiger partial charge in [-0.3, -0.25) is 4.79 Å². The van der Waals surface area contributed by atoms with Crippen molar-refractivity contribution in [3.05, 3.63) is 35.4 Å². The van der Waals surface area contributed by atoms with Gasteiger partial charge < -0.3 is 10.0 Å². The Balaban J connectivity index is 2.99. The zero-order valence-electron chi connectivity index (χ0n) is 11.5. The Morgan fingerprint density at radius 1 is 1.28 bits per heavy atom. The van der Waals surface area contributed by atoms with Crippen LogP contribution in [0.2, 0.25) is 0 Å². The van der Waals surface area contributed by atoms with Crippen molar-refractivity contribution in [2.24, 2.45) is 0 Å². The lowest BCUT2D eigenvalue weighted by atomic mass is 10.0. The number of hydrogen-bond acceptors (Lipinski definition) is 2. The molecule has 3 nitrogen and oxygen atoms in total. The van der Waals surface area contributed by atoms with Gasteiger partial charge in [0.2, 0.25) is 0 Å². The van der Waals surface area contributed by atoms with Gasteiger partial charge >= 0.3 is 0 Å². The van der Waals surface area contributed by atoms with E-state index in [1.54, 1.807) is 4.90 Å². The summed E-state index contributed by atoms with van der Waals surface area (Å²) in [6, 6.07) is 7.80. The van der Waals surface area contributed by atoms with Crippen LogP contribution < -0.4 is 0 Å². The van der Waals surface area contributed by atoms with E-state index in [2.05, 4.69) is 13.8 Å². The molecular weight excluding hydrogens is 226 g/mol. The predicted molar refractivity (Wildman–Crippen MR) is 73.7 cm³/mol. The second kappa shape index (κ2) is 7.17. The van der Waals surface area contributed by atoms with Crippen LogP contribution in [-0.2, 0) is 0 Å². The second-order valence-electron chi connectivity index (χ2n) is 4.51. The largest absolute Gasteiger partial charge is 0.395 e. The average molecular weight is 249 g/mol. The molecule has 1 aromatic rings. The second-order valence-corrected chi connectivity index (χ2v) is 4.51. The van der Waals surface area contributed by atoms with E-state index >= 15 is 0 Å².